The smallest absolute Gasteiger partial charge is 0.173 e. The lowest BCUT2D eigenvalue weighted by Crippen LogP contribution is -2.08. The van der Waals surface area contributed by atoms with Crippen LogP contribution in [0.25, 0.3) is 0 Å². The number of carbonyl (C=O) groups is 1. The van der Waals surface area contributed by atoms with E-state index in [2.05, 4.69) is 17.2 Å². The molecule has 0 radical (unpaired) electrons. The molecule has 0 saturated heterocycles. The largest absolute Gasteiger partial charge is 0.320 e. The van der Waals surface area contributed by atoms with Crippen LogP contribution in [0.1, 0.15) is 32.6 Å². The molecule has 0 fully saturated rings. The second-order valence-corrected chi connectivity index (χ2v) is 3.06. The summed E-state index contributed by atoms with van der Waals surface area (Å²) in [5.74, 6) is 0.159. The summed E-state index contributed by atoms with van der Waals surface area (Å²) in [6, 6.07) is 0. The highest BCUT2D eigenvalue weighted by atomic mass is 16.1. The summed E-state index contributed by atoms with van der Waals surface area (Å²) in [7, 11) is 1.91. The van der Waals surface area contributed by atoms with Gasteiger partial charge in [-0.05, 0) is 26.4 Å². The molecular weight excluding hydrogens is 164 g/mol. The Bertz CT molecular complexity index is 155. The number of unbranched alkanes of at least 4 members (excludes halogenated alkanes) is 1. The number of hydrogen-bond acceptors (Lipinski definition) is 3. The lowest BCUT2D eigenvalue weighted by molar-refractivity contribution is -0.112. The molecule has 0 atom stereocenters. The van der Waals surface area contributed by atoms with Gasteiger partial charge in [0.25, 0.3) is 0 Å². The first kappa shape index (κ1) is 12.3. The first-order valence-corrected chi connectivity index (χ1v) is 4.98. The quantitative estimate of drug-likeness (QED) is 0.458. The molecule has 0 heterocycles. The van der Waals surface area contributed by atoms with E-state index < -0.39 is 0 Å². The second-order valence-electron chi connectivity index (χ2n) is 3.06. The Hall–Kier alpha value is -0.700. The van der Waals surface area contributed by atoms with Gasteiger partial charge in [-0.3, -0.25) is 9.79 Å². The highest BCUT2D eigenvalue weighted by Gasteiger charge is 1.94. The van der Waals surface area contributed by atoms with Crippen LogP contribution >= 0.6 is 0 Å². The maximum atomic E-state index is 11.1. The van der Waals surface area contributed by atoms with Gasteiger partial charge in [0.15, 0.2) is 5.78 Å². The molecular formula is C10H20N2O. The predicted octanol–water partition coefficient (Wildman–Crippen LogP) is 1.43. The van der Waals surface area contributed by atoms with Crippen molar-refractivity contribution in [3.8, 4) is 0 Å². The zero-order valence-corrected chi connectivity index (χ0v) is 8.68. The molecule has 0 bridgehead atoms. The van der Waals surface area contributed by atoms with Crippen LogP contribution in [-0.4, -0.2) is 32.1 Å². The molecule has 1 N–H and O–H groups in total. The zero-order chi connectivity index (χ0) is 9.94. The Labute approximate surface area is 80.6 Å². The standard InChI is InChI=1S/C10H20N2O/c1-3-4-6-10(13)9-12-8-5-7-11-2/h9,11H,3-8H2,1-2H3. The van der Waals surface area contributed by atoms with Crippen LogP contribution in [0.15, 0.2) is 4.99 Å². The van der Waals surface area contributed by atoms with Gasteiger partial charge in [0.2, 0.25) is 0 Å². The van der Waals surface area contributed by atoms with Crippen LogP contribution in [0.3, 0.4) is 0 Å². The minimum atomic E-state index is 0.159. The summed E-state index contributed by atoms with van der Waals surface area (Å²) in [4.78, 5) is 15.1. The van der Waals surface area contributed by atoms with Crippen molar-refractivity contribution < 1.29 is 4.79 Å². The third kappa shape index (κ3) is 9.21. The van der Waals surface area contributed by atoms with Crippen molar-refractivity contribution >= 4 is 12.0 Å². The number of hydrogen-bond donors (Lipinski definition) is 1. The van der Waals surface area contributed by atoms with Crippen molar-refractivity contribution in [3.05, 3.63) is 0 Å². The van der Waals surface area contributed by atoms with Gasteiger partial charge in [-0.25, -0.2) is 0 Å². The number of carbonyl (C=O) groups excluding carboxylic acids is 1. The minimum Gasteiger partial charge on any atom is -0.320 e. The molecule has 0 aliphatic rings. The molecule has 0 unspecified atom stereocenters. The molecule has 0 aromatic carbocycles. The van der Waals surface area contributed by atoms with Crippen LogP contribution in [0, 0.1) is 0 Å². The highest BCUT2D eigenvalue weighted by molar-refractivity contribution is 6.27. The first-order valence-electron chi connectivity index (χ1n) is 4.98. The molecule has 0 amide bonds. The molecule has 0 aliphatic heterocycles. The molecule has 76 valence electrons. The normalized spacial score (nSPS) is 10.9. The molecule has 3 heteroatoms. The van der Waals surface area contributed by atoms with Gasteiger partial charge >= 0.3 is 0 Å². The predicted molar refractivity (Wildman–Crippen MR) is 56.4 cm³/mol. The maximum absolute atomic E-state index is 11.1. The fraction of sp³-hybridized carbons (Fsp3) is 0.800. The van der Waals surface area contributed by atoms with Crippen molar-refractivity contribution in [3.63, 3.8) is 0 Å². The molecule has 0 spiro atoms. The average Bonchev–Trinajstić information content (AvgIpc) is 2.14. The third-order valence-electron chi connectivity index (χ3n) is 1.73. The van der Waals surface area contributed by atoms with E-state index in [1.54, 1.807) is 0 Å². The van der Waals surface area contributed by atoms with E-state index in [1.807, 2.05) is 7.05 Å². The summed E-state index contributed by atoms with van der Waals surface area (Å²) >= 11 is 0. The van der Waals surface area contributed by atoms with Gasteiger partial charge in [0, 0.05) is 13.0 Å². The van der Waals surface area contributed by atoms with E-state index in [0.717, 1.165) is 32.4 Å². The molecule has 0 aromatic rings. The summed E-state index contributed by atoms with van der Waals surface area (Å²) in [5, 5.41) is 3.03. The second kappa shape index (κ2) is 9.39. The van der Waals surface area contributed by atoms with E-state index in [0.29, 0.717) is 6.42 Å². The van der Waals surface area contributed by atoms with Crippen molar-refractivity contribution in [2.75, 3.05) is 20.1 Å². The van der Waals surface area contributed by atoms with Crippen LogP contribution in [-0.2, 0) is 4.79 Å². The van der Waals surface area contributed by atoms with E-state index in [1.165, 1.54) is 6.21 Å². The Morgan fingerprint density at radius 3 is 2.85 bits per heavy atom. The molecule has 3 nitrogen and oxygen atoms in total. The van der Waals surface area contributed by atoms with Gasteiger partial charge in [-0.2, -0.15) is 0 Å². The average molecular weight is 184 g/mol. The third-order valence-corrected chi connectivity index (χ3v) is 1.73. The SMILES string of the molecule is CCCCC(=O)C=NCCCNC. The Morgan fingerprint density at radius 1 is 1.46 bits per heavy atom. The Balaban J connectivity index is 3.31. The topological polar surface area (TPSA) is 41.5 Å². The van der Waals surface area contributed by atoms with Crippen molar-refractivity contribution in [2.24, 2.45) is 4.99 Å². The summed E-state index contributed by atoms with van der Waals surface area (Å²) in [6.45, 7) is 3.79. The van der Waals surface area contributed by atoms with Crippen molar-refractivity contribution in [1.29, 1.82) is 0 Å². The molecule has 0 aromatic heterocycles. The molecule has 13 heavy (non-hydrogen) atoms. The van der Waals surface area contributed by atoms with Gasteiger partial charge in [-0.15, -0.1) is 0 Å². The van der Waals surface area contributed by atoms with Crippen molar-refractivity contribution in [2.45, 2.75) is 32.6 Å². The minimum absolute atomic E-state index is 0.159. The van der Waals surface area contributed by atoms with Crippen LogP contribution in [0.4, 0.5) is 0 Å². The molecule has 0 rings (SSSR count). The van der Waals surface area contributed by atoms with Gasteiger partial charge in [0.1, 0.15) is 0 Å². The number of nitrogens with one attached hydrogen (secondary N) is 1. The van der Waals surface area contributed by atoms with Gasteiger partial charge in [0.05, 0.1) is 6.21 Å². The van der Waals surface area contributed by atoms with E-state index in [9.17, 15) is 4.79 Å². The van der Waals surface area contributed by atoms with Crippen LogP contribution in [0.5, 0.6) is 0 Å². The highest BCUT2D eigenvalue weighted by Crippen LogP contribution is 1.93. The fourth-order valence-corrected chi connectivity index (χ4v) is 0.929. The lowest BCUT2D eigenvalue weighted by atomic mass is 10.2. The van der Waals surface area contributed by atoms with Crippen LogP contribution < -0.4 is 5.32 Å². The summed E-state index contributed by atoms with van der Waals surface area (Å²) in [6.07, 6.45) is 5.16. The molecule has 0 saturated carbocycles. The Morgan fingerprint density at radius 2 is 2.23 bits per heavy atom. The van der Waals surface area contributed by atoms with E-state index in [-0.39, 0.29) is 5.78 Å². The zero-order valence-electron chi connectivity index (χ0n) is 8.68. The fourth-order valence-electron chi connectivity index (χ4n) is 0.929. The van der Waals surface area contributed by atoms with Gasteiger partial charge < -0.3 is 5.32 Å². The lowest BCUT2D eigenvalue weighted by Gasteiger charge is -1.94. The molecule has 0 aliphatic carbocycles. The monoisotopic (exact) mass is 184 g/mol. The summed E-state index contributed by atoms with van der Waals surface area (Å²) < 4.78 is 0. The summed E-state index contributed by atoms with van der Waals surface area (Å²) in [5.41, 5.74) is 0. The Kier molecular flexibility index (Phi) is 8.88. The number of Topliss-reactive ketones (excluding diaryl/α,β-unsaturated/α-hetero) is 1. The van der Waals surface area contributed by atoms with Crippen LogP contribution in [0.2, 0.25) is 0 Å². The van der Waals surface area contributed by atoms with E-state index in [4.69, 9.17) is 0 Å². The number of rotatable bonds is 8. The first-order chi connectivity index (χ1) is 6.31. The maximum Gasteiger partial charge on any atom is 0.173 e. The number of nitrogens with zero attached hydrogens (tertiary/aromatic N) is 1. The van der Waals surface area contributed by atoms with E-state index >= 15 is 0 Å². The number of ketones is 1. The van der Waals surface area contributed by atoms with Crippen molar-refractivity contribution in [1.82, 2.24) is 5.32 Å². The van der Waals surface area contributed by atoms with Gasteiger partial charge in [-0.1, -0.05) is 13.3 Å². The number of aliphatic imine (C=N–C) groups is 1.